The van der Waals surface area contributed by atoms with E-state index in [-0.39, 0.29) is 5.78 Å². The lowest BCUT2D eigenvalue weighted by atomic mass is 10.0. The highest BCUT2D eigenvalue weighted by Gasteiger charge is 2.31. The maximum Gasteiger partial charge on any atom is 0.204 e. The summed E-state index contributed by atoms with van der Waals surface area (Å²) in [5.41, 5.74) is 1.57. The fraction of sp³-hybridized carbons (Fsp3) is 0.400. The van der Waals surface area contributed by atoms with Gasteiger partial charge in [0, 0.05) is 30.4 Å². The van der Waals surface area contributed by atoms with Gasteiger partial charge in [0.15, 0.2) is 11.7 Å². The first-order valence-corrected chi connectivity index (χ1v) is 9.18. The van der Waals surface area contributed by atoms with Gasteiger partial charge >= 0.3 is 0 Å². The number of nitriles is 1. The van der Waals surface area contributed by atoms with Gasteiger partial charge in [-0.15, -0.1) is 10.2 Å². The van der Waals surface area contributed by atoms with Crippen molar-refractivity contribution in [2.45, 2.75) is 51.6 Å². The number of aryl methyl sites for hydroxylation is 2. The molecule has 0 fully saturated rings. The maximum atomic E-state index is 13.3. The third-order valence-electron chi connectivity index (χ3n) is 5.17. The standard InChI is InChI=1S/C20H21N5O/c1-2-24-16-9-6-5-8-14(16)12-17(24)19(26)15(13-21)20-23-22-18-10-4-3-7-11-25(18)20/h5-6,8-9,12,15H,2-4,7,10-11H2,1H3/t15-/m0/s1. The molecule has 1 aliphatic heterocycles. The minimum absolute atomic E-state index is 0.204. The van der Waals surface area contributed by atoms with Crippen LogP contribution < -0.4 is 0 Å². The average Bonchev–Trinajstić information content (AvgIpc) is 3.15. The molecule has 3 heterocycles. The fourth-order valence-electron chi connectivity index (χ4n) is 3.86. The van der Waals surface area contributed by atoms with E-state index in [4.69, 9.17) is 0 Å². The number of nitrogens with zero attached hydrogens (tertiary/aromatic N) is 5. The molecule has 0 spiro atoms. The minimum atomic E-state index is -0.927. The van der Waals surface area contributed by atoms with E-state index in [0.717, 1.165) is 49.0 Å². The number of carbonyl (C=O) groups excluding carboxylic acids is 1. The highest BCUT2D eigenvalue weighted by molar-refractivity contribution is 6.04. The molecule has 1 aromatic carbocycles. The molecule has 1 aliphatic rings. The molecule has 132 valence electrons. The molecule has 6 heteroatoms. The minimum Gasteiger partial charge on any atom is -0.338 e. The largest absolute Gasteiger partial charge is 0.338 e. The molecule has 26 heavy (non-hydrogen) atoms. The van der Waals surface area contributed by atoms with Crippen molar-refractivity contribution in [2.24, 2.45) is 0 Å². The van der Waals surface area contributed by atoms with E-state index in [0.29, 0.717) is 18.1 Å². The first-order chi connectivity index (χ1) is 12.7. The number of carbonyl (C=O) groups is 1. The Morgan fingerprint density at radius 1 is 1.27 bits per heavy atom. The predicted molar refractivity (Wildman–Crippen MR) is 97.9 cm³/mol. The molecule has 0 saturated heterocycles. The molecule has 0 aliphatic carbocycles. The van der Waals surface area contributed by atoms with E-state index in [1.807, 2.05) is 46.4 Å². The van der Waals surface area contributed by atoms with Crippen molar-refractivity contribution in [3.8, 4) is 6.07 Å². The van der Waals surface area contributed by atoms with Gasteiger partial charge in [0.05, 0.1) is 11.8 Å². The molecule has 0 unspecified atom stereocenters. The normalized spacial score (nSPS) is 15.2. The van der Waals surface area contributed by atoms with Crippen molar-refractivity contribution in [3.05, 3.63) is 47.7 Å². The number of ketones is 1. The molecule has 3 aromatic rings. The Hall–Kier alpha value is -2.94. The highest BCUT2D eigenvalue weighted by Crippen LogP contribution is 2.27. The van der Waals surface area contributed by atoms with E-state index in [1.54, 1.807) is 0 Å². The monoisotopic (exact) mass is 347 g/mol. The van der Waals surface area contributed by atoms with Crippen LogP contribution in [0.4, 0.5) is 0 Å². The third kappa shape index (κ3) is 2.60. The third-order valence-corrected chi connectivity index (χ3v) is 5.17. The lowest BCUT2D eigenvalue weighted by Crippen LogP contribution is -2.20. The van der Waals surface area contributed by atoms with Crippen molar-refractivity contribution >= 4 is 16.7 Å². The number of para-hydroxylation sites is 1. The van der Waals surface area contributed by atoms with Crippen LogP contribution in [0.25, 0.3) is 10.9 Å². The molecule has 0 radical (unpaired) electrons. The summed E-state index contributed by atoms with van der Waals surface area (Å²) < 4.78 is 3.96. The van der Waals surface area contributed by atoms with E-state index in [1.165, 1.54) is 0 Å². The molecule has 2 aromatic heterocycles. The van der Waals surface area contributed by atoms with Crippen LogP contribution in [-0.2, 0) is 19.5 Å². The summed E-state index contributed by atoms with van der Waals surface area (Å²) in [6, 6.07) is 12.0. The summed E-state index contributed by atoms with van der Waals surface area (Å²) in [7, 11) is 0. The Balaban J connectivity index is 1.78. The summed E-state index contributed by atoms with van der Waals surface area (Å²) in [5.74, 6) is 0.248. The number of fused-ring (bicyclic) bond motifs is 2. The van der Waals surface area contributed by atoms with Gasteiger partial charge in [0.2, 0.25) is 5.78 Å². The Morgan fingerprint density at radius 3 is 2.92 bits per heavy atom. The molecule has 0 N–H and O–H groups in total. The van der Waals surface area contributed by atoms with Gasteiger partial charge < -0.3 is 9.13 Å². The smallest absolute Gasteiger partial charge is 0.204 e. The second-order valence-corrected chi connectivity index (χ2v) is 6.70. The summed E-state index contributed by atoms with van der Waals surface area (Å²) in [6.45, 7) is 3.46. The van der Waals surface area contributed by atoms with Gasteiger partial charge in [-0.05, 0) is 31.9 Å². The number of benzene rings is 1. The number of Topliss-reactive ketones (excluding diaryl/α,β-unsaturated/α-hetero) is 1. The van der Waals surface area contributed by atoms with Gasteiger partial charge in [0.25, 0.3) is 0 Å². The Kier molecular flexibility index (Phi) is 4.29. The van der Waals surface area contributed by atoms with Crippen LogP contribution in [0, 0.1) is 11.3 Å². The van der Waals surface area contributed by atoms with Crippen LogP contribution >= 0.6 is 0 Å². The maximum absolute atomic E-state index is 13.3. The molecule has 6 nitrogen and oxygen atoms in total. The van der Waals surface area contributed by atoms with Crippen molar-refractivity contribution < 1.29 is 4.79 Å². The number of hydrogen-bond acceptors (Lipinski definition) is 4. The Bertz CT molecular complexity index is 1010. The molecular weight excluding hydrogens is 326 g/mol. The van der Waals surface area contributed by atoms with E-state index in [2.05, 4.69) is 16.3 Å². The van der Waals surface area contributed by atoms with Crippen LogP contribution in [0.2, 0.25) is 0 Å². The average molecular weight is 347 g/mol. The zero-order valence-corrected chi connectivity index (χ0v) is 14.9. The first-order valence-electron chi connectivity index (χ1n) is 9.18. The zero-order chi connectivity index (χ0) is 18.1. The van der Waals surface area contributed by atoms with E-state index in [9.17, 15) is 10.1 Å². The Morgan fingerprint density at radius 2 is 2.12 bits per heavy atom. The van der Waals surface area contributed by atoms with Crippen molar-refractivity contribution in [3.63, 3.8) is 0 Å². The summed E-state index contributed by atoms with van der Waals surface area (Å²) in [5, 5.41) is 19.3. The summed E-state index contributed by atoms with van der Waals surface area (Å²) >= 11 is 0. The van der Waals surface area contributed by atoms with Gasteiger partial charge in [0.1, 0.15) is 5.82 Å². The molecule has 0 saturated carbocycles. The number of hydrogen-bond donors (Lipinski definition) is 0. The predicted octanol–water partition coefficient (Wildman–Crippen LogP) is 3.47. The van der Waals surface area contributed by atoms with Crippen molar-refractivity contribution in [1.82, 2.24) is 19.3 Å². The lowest BCUT2D eigenvalue weighted by Gasteiger charge is -2.12. The van der Waals surface area contributed by atoms with Gasteiger partial charge in [-0.1, -0.05) is 24.6 Å². The topological polar surface area (TPSA) is 76.5 Å². The van der Waals surface area contributed by atoms with Crippen LogP contribution in [0.5, 0.6) is 0 Å². The lowest BCUT2D eigenvalue weighted by molar-refractivity contribution is 0.0966. The molecule has 4 rings (SSSR count). The van der Waals surface area contributed by atoms with E-state index < -0.39 is 5.92 Å². The number of aromatic nitrogens is 4. The zero-order valence-electron chi connectivity index (χ0n) is 14.9. The van der Waals surface area contributed by atoms with Gasteiger partial charge in [-0.2, -0.15) is 5.26 Å². The van der Waals surface area contributed by atoms with Crippen LogP contribution in [0.1, 0.15) is 54.2 Å². The Labute approximate surface area is 152 Å². The highest BCUT2D eigenvalue weighted by atomic mass is 16.1. The summed E-state index contributed by atoms with van der Waals surface area (Å²) in [6.07, 6.45) is 4.10. The first kappa shape index (κ1) is 16.5. The molecule has 0 amide bonds. The second-order valence-electron chi connectivity index (χ2n) is 6.70. The van der Waals surface area contributed by atoms with Crippen LogP contribution in [-0.4, -0.2) is 25.1 Å². The van der Waals surface area contributed by atoms with E-state index >= 15 is 0 Å². The SMILES string of the molecule is CCn1c(C(=O)[C@H](C#N)c2nnc3n2CCCCC3)cc2ccccc21. The van der Waals surface area contributed by atoms with Gasteiger partial charge in [-0.3, -0.25) is 4.79 Å². The van der Waals surface area contributed by atoms with Crippen LogP contribution in [0.3, 0.4) is 0 Å². The fourth-order valence-corrected chi connectivity index (χ4v) is 3.86. The van der Waals surface area contributed by atoms with Crippen LogP contribution in [0.15, 0.2) is 30.3 Å². The molecular formula is C20H21N5O. The van der Waals surface area contributed by atoms with Gasteiger partial charge in [-0.25, -0.2) is 0 Å². The quantitative estimate of drug-likeness (QED) is 0.677. The second kappa shape index (κ2) is 6.75. The summed E-state index contributed by atoms with van der Waals surface area (Å²) in [4.78, 5) is 13.3. The molecule has 0 bridgehead atoms. The van der Waals surface area contributed by atoms with Crippen molar-refractivity contribution in [2.75, 3.05) is 0 Å². The number of rotatable bonds is 4. The van der Waals surface area contributed by atoms with Crippen molar-refractivity contribution in [1.29, 1.82) is 5.26 Å². The molecule has 1 atom stereocenters.